The second kappa shape index (κ2) is 2.66. The second-order valence-electron chi connectivity index (χ2n) is 2.60. The molecule has 3 nitrogen and oxygen atoms in total. The van der Waals surface area contributed by atoms with E-state index in [0.717, 1.165) is 10.8 Å². The Morgan fingerprint density at radius 2 is 2.00 bits per heavy atom. The Hall–Kier alpha value is -1.26. The predicted molar refractivity (Wildman–Crippen MR) is 46.0 cm³/mol. The van der Waals surface area contributed by atoms with Crippen molar-refractivity contribution < 1.29 is 14.5 Å². The van der Waals surface area contributed by atoms with Crippen LogP contribution in [0.1, 0.15) is 0 Å². The topological polar surface area (TPSA) is 53.6 Å². The van der Waals surface area contributed by atoms with Gasteiger partial charge in [0.05, 0.1) is 12.5 Å². The lowest BCUT2D eigenvalue weighted by molar-refractivity contribution is 0.426. The van der Waals surface area contributed by atoms with Crippen LogP contribution in [0.2, 0.25) is 0 Å². The van der Waals surface area contributed by atoms with Gasteiger partial charge in [-0.3, -0.25) is 0 Å². The Morgan fingerprint density at radius 3 is 2.75 bits per heavy atom. The molecule has 2 N–H and O–H groups in total. The molecule has 0 radical (unpaired) electrons. The molecule has 0 aliphatic rings. The quantitative estimate of drug-likeness (QED) is 0.585. The minimum Gasteiger partial charge on any atom is -0.471 e. The van der Waals surface area contributed by atoms with Gasteiger partial charge in [0, 0.05) is 10.8 Å². The minimum atomic E-state index is -1.44. The molecule has 0 saturated heterocycles. The van der Waals surface area contributed by atoms with E-state index in [2.05, 4.69) is 0 Å². The molecule has 12 heavy (non-hydrogen) atoms. The highest BCUT2D eigenvalue weighted by molar-refractivity contribution is 6.61. The maximum absolute atomic E-state index is 8.95. The molecule has 1 aromatic heterocycles. The van der Waals surface area contributed by atoms with Crippen LogP contribution in [-0.4, -0.2) is 17.2 Å². The van der Waals surface area contributed by atoms with Crippen molar-refractivity contribution in [3.63, 3.8) is 0 Å². The molecule has 0 fully saturated rings. The third-order valence-corrected chi connectivity index (χ3v) is 1.83. The monoisotopic (exact) mass is 162 g/mol. The van der Waals surface area contributed by atoms with E-state index >= 15 is 0 Å². The van der Waals surface area contributed by atoms with Crippen LogP contribution in [0.5, 0.6) is 0 Å². The Balaban J connectivity index is 2.73. The molecular formula is C8H7BO3. The van der Waals surface area contributed by atoms with E-state index in [1.165, 1.54) is 6.26 Å². The molecule has 0 atom stereocenters. The summed E-state index contributed by atoms with van der Waals surface area (Å²) in [5.41, 5.74) is 0.473. The average Bonchev–Trinajstić information content (AvgIpc) is 2.49. The summed E-state index contributed by atoms with van der Waals surface area (Å²) in [7, 11) is -1.44. The molecule has 1 heterocycles. The molecule has 0 aliphatic heterocycles. The minimum absolute atomic E-state index is 0.473. The molecule has 2 aromatic rings. The summed E-state index contributed by atoms with van der Waals surface area (Å²) in [4.78, 5) is 0. The van der Waals surface area contributed by atoms with Gasteiger partial charge in [0.15, 0.2) is 0 Å². The fraction of sp³-hybridized carbons (Fsp3) is 0. The van der Waals surface area contributed by atoms with Gasteiger partial charge in [-0.25, -0.2) is 0 Å². The third kappa shape index (κ3) is 1.01. The van der Waals surface area contributed by atoms with Crippen molar-refractivity contribution >= 4 is 23.4 Å². The highest BCUT2D eigenvalue weighted by atomic mass is 16.4. The van der Waals surface area contributed by atoms with Gasteiger partial charge in [-0.15, -0.1) is 0 Å². The third-order valence-electron chi connectivity index (χ3n) is 1.83. The van der Waals surface area contributed by atoms with Crippen LogP contribution in [0.25, 0.3) is 10.8 Å². The second-order valence-corrected chi connectivity index (χ2v) is 2.60. The van der Waals surface area contributed by atoms with Crippen LogP contribution < -0.4 is 5.46 Å². The molecular weight excluding hydrogens is 155 g/mol. The summed E-state index contributed by atoms with van der Waals surface area (Å²) in [6, 6.07) is 5.26. The van der Waals surface area contributed by atoms with E-state index in [1.807, 2.05) is 6.07 Å². The van der Waals surface area contributed by atoms with Gasteiger partial charge in [-0.2, -0.15) is 0 Å². The predicted octanol–water partition coefficient (Wildman–Crippen LogP) is 0.113. The summed E-state index contributed by atoms with van der Waals surface area (Å²) >= 11 is 0. The first kappa shape index (κ1) is 7.40. The number of rotatable bonds is 1. The molecule has 4 heteroatoms. The molecule has 0 saturated carbocycles. The van der Waals surface area contributed by atoms with Crippen LogP contribution in [0, 0.1) is 0 Å². The number of hydrogen-bond donors (Lipinski definition) is 2. The van der Waals surface area contributed by atoms with Crippen molar-refractivity contribution in [2.24, 2.45) is 0 Å². The van der Waals surface area contributed by atoms with Crippen LogP contribution in [-0.2, 0) is 0 Å². The maximum Gasteiger partial charge on any atom is 0.489 e. The molecule has 0 spiro atoms. The Morgan fingerprint density at radius 1 is 1.17 bits per heavy atom. The fourth-order valence-corrected chi connectivity index (χ4v) is 1.24. The van der Waals surface area contributed by atoms with E-state index in [9.17, 15) is 0 Å². The van der Waals surface area contributed by atoms with Crippen molar-refractivity contribution in [3.05, 3.63) is 30.7 Å². The first-order valence-electron chi connectivity index (χ1n) is 3.60. The zero-order chi connectivity index (χ0) is 8.55. The van der Waals surface area contributed by atoms with Crippen molar-refractivity contribution in [2.75, 3.05) is 0 Å². The summed E-state index contributed by atoms with van der Waals surface area (Å²) in [5.74, 6) is 0. The SMILES string of the molecule is OB(O)c1cccc2cocc12. The number of furan rings is 1. The first-order valence-corrected chi connectivity index (χ1v) is 3.60. The van der Waals surface area contributed by atoms with Crippen LogP contribution in [0.4, 0.5) is 0 Å². The lowest BCUT2D eigenvalue weighted by Crippen LogP contribution is -2.29. The zero-order valence-corrected chi connectivity index (χ0v) is 6.27. The molecule has 0 unspecified atom stereocenters. The Bertz CT molecular complexity index is 394. The molecule has 0 aliphatic carbocycles. The van der Waals surface area contributed by atoms with Crippen molar-refractivity contribution in [2.45, 2.75) is 0 Å². The molecule has 0 amide bonds. The summed E-state index contributed by atoms with van der Waals surface area (Å²) in [6.07, 6.45) is 3.07. The van der Waals surface area contributed by atoms with E-state index in [0.29, 0.717) is 5.46 Å². The van der Waals surface area contributed by atoms with Crippen LogP contribution in [0.3, 0.4) is 0 Å². The van der Waals surface area contributed by atoms with Gasteiger partial charge in [0.2, 0.25) is 0 Å². The van der Waals surface area contributed by atoms with Gasteiger partial charge in [-0.1, -0.05) is 18.2 Å². The molecule has 60 valence electrons. The average molecular weight is 162 g/mol. The molecule has 0 bridgehead atoms. The normalized spacial score (nSPS) is 10.5. The summed E-state index contributed by atoms with van der Waals surface area (Å²) < 4.78 is 4.93. The maximum atomic E-state index is 8.95. The largest absolute Gasteiger partial charge is 0.489 e. The summed E-state index contributed by atoms with van der Waals surface area (Å²) in [6.45, 7) is 0. The van der Waals surface area contributed by atoms with Crippen LogP contribution >= 0.6 is 0 Å². The molecule has 1 aromatic carbocycles. The highest BCUT2D eigenvalue weighted by Crippen LogP contribution is 2.12. The van der Waals surface area contributed by atoms with Gasteiger partial charge in [-0.05, 0) is 5.46 Å². The Labute approximate surface area is 69.4 Å². The van der Waals surface area contributed by atoms with Crippen molar-refractivity contribution in [1.82, 2.24) is 0 Å². The number of fused-ring (bicyclic) bond motifs is 1. The zero-order valence-electron chi connectivity index (χ0n) is 6.27. The molecule has 2 rings (SSSR count). The lowest BCUT2D eigenvalue weighted by atomic mass is 9.78. The van der Waals surface area contributed by atoms with E-state index in [4.69, 9.17) is 14.5 Å². The smallest absolute Gasteiger partial charge is 0.471 e. The Kier molecular flexibility index (Phi) is 1.64. The van der Waals surface area contributed by atoms with Crippen molar-refractivity contribution in [1.29, 1.82) is 0 Å². The van der Waals surface area contributed by atoms with Gasteiger partial charge < -0.3 is 14.5 Å². The van der Waals surface area contributed by atoms with Crippen molar-refractivity contribution in [3.8, 4) is 0 Å². The van der Waals surface area contributed by atoms with Gasteiger partial charge in [0.25, 0.3) is 0 Å². The van der Waals surface area contributed by atoms with E-state index in [-0.39, 0.29) is 0 Å². The van der Waals surface area contributed by atoms with E-state index < -0.39 is 7.12 Å². The van der Waals surface area contributed by atoms with Gasteiger partial charge >= 0.3 is 7.12 Å². The van der Waals surface area contributed by atoms with Crippen LogP contribution in [0.15, 0.2) is 35.1 Å². The standard InChI is InChI=1S/C8H7BO3/c10-9(11)8-3-1-2-6-4-12-5-7(6)8/h1-5,10-11H. The lowest BCUT2D eigenvalue weighted by Gasteiger charge is -1.98. The first-order chi connectivity index (χ1) is 5.79. The highest BCUT2D eigenvalue weighted by Gasteiger charge is 2.14. The summed E-state index contributed by atoms with van der Waals surface area (Å²) in [5, 5.41) is 19.5. The van der Waals surface area contributed by atoms with Gasteiger partial charge in [0.1, 0.15) is 0 Å². The number of benzene rings is 1. The number of hydrogen-bond acceptors (Lipinski definition) is 3. The van der Waals surface area contributed by atoms with E-state index in [1.54, 1.807) is 18.4 Å². The fourth-order valence-electron chi connectivity index (χ4n) is 1.24.